The number of allylic oxidation sites excluding steroid dienone is 2. The minimum atomic E-state index is 0.0747. The van der Waals surface area contributed by atoms with E-state index < -0.39 is 0 Å². The van der Waals surface area contributed by atoms with Crippen LogP contribution in [0.4, 0.5) is 0 Å². The van der Waals surface area contributed by atoms with Crippen LogP contribution >= 0.6 is 15.9 Å². The summed E-state index contributed by atoms with van der Waals surface area (Å²) in [7, 11) is 0. The molecular weight excluding hydrogens is 242 g/mol. The molecule has 0 aromatic carbocycles. The average molecular weight is 256 g/mol. The minimum Gasteiger partial charge on any atom is -0.310 e. The zero-order chi connectivity index (χ0) is 10.7. The van der Waals surface area contributed by atoms with Gasteiger partial charge >= 0.3 is 0 Å². The van der Waals surface area contributed by atoms with Gasteiger partial charge in [0.1, 0.15) is 0 Å². The predicted octanol–water partition coefficient (Wildman–Crippen LogP) is 2.89. The average Bonchev–Trinajstić information content (AvgIpc) is 2.08. The Bertz CT molecular complexity index is 414. The highest BCUT2D eigenvalue weighted by Crippen LogP contribution is 2.08. The van der Waals surface area contributed by atoms with Gasteiger partial charge in [-0.2, -0.15) is 0 Å². The van der Waals surface area contributed by atoms with Gasteiger partial charge in [0.25, 0.3) is 5.56 Å². The Morgan fingerprint density at radius 3 is 2.79 bits per heavy atom. The fraction of sp³-hybridized carbons (Fsp3) is 0.364. The molecule has 3 heteroatoms. The van der Waals surface area contributed by atoms with Gasteiger partial charge in [-0.25, -0.2) is 0 Å². The van der Waals surface area contributed by atoms with Crippen LogP contribution in [0.3, 0.4) is 0 Å². The highest BCUT2D eigenvalue weighted by Gasteiger charge is 1.99. The predicted molar refractivity (Wildman–Crippen MR) is 62.6 cm³/mol. The molecule has 0 atom stereocenters. The summed E-state index contributed by atoms with van der Waals surface area (Å²) in [4.78, 5) is 11.6. The molecule has 0 radical (unpaired) electrons. The van der Waals surface area contributed by atoms with Crippen molar-refractivity contribution in [1.82, 2.24) is 4.57 Å². The number of pyridine rings is 1. The van der Waals surface area contributed by atoms with Crippen molar-refractivity contribution in [2.24, 2.45) is 0 Å². The molecule has 0 unspecified atom stereocenters. The number of aromatic nitrogens is 1. The van der Waals surface area contributed by atoms with Crippen LogP contribution in [0.5, 0.6) is 0 Å². The van der Waals surface area contributed by atoms with Gasteiger partial charge in [-0.1, -0.05) is 11.6 Å². The number of hydrogen-bond acceptors (Lipinski definition) is 1. The third-order valence-corrected chi connectivity index (χ3v) is 2.36. The van der Waals surface area contributed by atoms with Gasteiger partial charge < -0.3 is 4.57 Å². The van der Waals surface area contributed by atoms with Crippen LogP contribution in [0, 0.1) is 6.92 Å². The van der Waals surface area contributed by atoms with E-state index in [0.717, 1.165) is 10.0 Å². The summed E-state index contributed by atoms with van der Waals surface area (Å²) in [5.41, 5.74) is 2.06. The number of hydrogen-bond donors (Lipinski definition) is 0. The lowest BCUT2D eigenvalue weighted by Crippen LogP contribution is -2.21. The summed E-state index contributed by atoms with van der Waals surface area (Å²) >= 11 is 3.37. The Morgan fingerprint density at radius 2 is 2.21 bits per heavy atom. The Morgan fingerprint density at radius 1 is 1.57 bits per heavy atom. The van der Waals surface area contributed by atoms with Crippen molar-refractivity contribution >= 4 is 15.9 Å². The van der Waals surface area contributed by atoms with Crippen molar-refractivity contribution in [1.29, 1.82) is 0 Å². The molecular formula is C11H14BrNO. The van der Waals surface area contributed by atoms with Crippen molar-refractivity contribution < 1.29 is 0 Å². The van der Waals surface area contributed by atoms with Crippen LogP contribution in [-0.4, -0.2) is 4.57 Å². The molecule has 0 saturated carbocycles. The lowest BCUT2D eigenvalue weighted by atomic mass is 10.3. The molecule has 0 aliphatic rings. The minimum absolute atomic E-state index is 0.0747. The molecule has 1 aromatic heterocycles. The van der Waals surface area contributed by atoms with E-state index in [4.69, 9.17) is 0 Å². The van der Waals surface area contributed by atoms with Crippen molar-refractivity contribution in [3.8, 4) is 0 Å². The third-order valence-electron chi connectivity index (χ3n) is 1.93. The zero-order valence-corrected chi connectivity index (χ0v) is 10.3. The van der Waals surface area contributed by atoms with E-state index in [2.05, 4.69) is 15.9 Å². The van der Waals surface area contributed by atoms with Gasteiger partial charge in [-0.15, -0.1) is 0 Å². The molecule has 0 saturated heterocycles. The van der Waals surface area contributed by atoms with Crippen LogP contribution in [0.2, 0.25) is 0 Å². The molecule has 0 aliphatic heterocycles. The molecule has 0 fully saturated rings. The van der Waals surface area contributed by atoms with Crippen LogP contribution < -0.4 is 5.56 Å². The van der Waals surface area contributed by atoms with Gasteiger partial charge in [-0.3, -0.25) is 4.79 Å². The van der Waals surface area contributed by atoms with E-state index in [-0.39, 0.29) is 5.56 Å². The number of halogens is 1. The summed E-state index contributed by atoms with van der Waals surface area (Å²) in [5, 5.41) is 0. The molecule has 14 heavy (non-hydrogen) atoms. The smallest absolute Gasteiger partial charge is 0.253 e. The molecule has 0 N–H and O–H groups in total. The quantitative estimate of drug-likeness (QED) is 0.746. The highest BCUT2D eigenvalue weighted by atomic mass is 79.9. The summed E-state index contributed by atoms with van der Waals surface area (Å²) in [6, 6.07) is 1.83. The standard InChI is InChI=1S/C11H14BrNO/c1-8(2)4-5-13-7-10(12)6-9(3)11(13)14/h4,6-7H,5H2,1-3H3. The second kappa shape index (κ2) is 4.60. The van der Waals surface area contributed by atoms with Gasteiger partial charge in [0.05, 0.1) is 0 Å². The maximum Gasteiger partial charge on any atom is 0.253 e. The Hall–Kier alpha value is -0.830. The lowest BCUT2D eigenvalue weighted by Gasteiger charge is -2.04. The van der Waals surface area contributed by atoms with E-state index in [1.165, 1.54) is 5.57 Å². The van der Waals surface area contributed by atoms with Crippen LogP contribution in [-0.2, 0) is 6.54 Å². The Balaban J connectivity index is 3.09. The SMILES string of the molecule is CC(C)=CCn1cc(Br)cc(C)c1=O. The molecule has 0 bridgehead atoms. The van der Waals surface area contributed by atoms with E-state index in [0.29, 0.717) is 6.54 Å². The summed E-state index contributed by atoms with van der Waals surface area (Å²) < 4.78 is 2.64. The molecule has 1 aromatic rings. The first-order chi connectivity index (χ1) is 6.50. The van der Waals surface area contributed by atoms with E-state index in [9.17, 15) is 4.79 Å². The normalized spacial score (nSPS) is 10.0. The van der Waals surface area contributed by atoms with Crippen molar-refractivity contribution in [2.45, 2.75) is 27.3 Å². The zero-order valence-electron chi connectivity index (χ0n) is 8.67. The lowest BCUT2D eigenvalue weighted by molar-refractivity contribution is 0.763. The fourth-order valence-corrected chi connectivity index (χ4v) is 1.75. The summed E-state index contributed by atoms with van der Waals surface area (Å²) in [6.45, 7) is 6.51. The molecule has 76 valence electrons. The van der Waals surface area contributed by atoms with Crippen LogP contribution in [0.1, 0.15) is 19.4 Å². The van der Waals surface area contributed by atoms with Gasteiger partial charge in [0.2, 0.25) is 0 Å². The fourth-order valence-electron chi connectivity index (χ4n) is 1.16. The van der Waals surface area contributed by atoms with Crippen LogP contribution in [0.25, 0.3) is 0 Å². The third kappa shape index (κ3) is 2.84. The molecule has 1 heterocycles. The molecule has 2 nitrogen and oxygen atoms in total. The van der Waals surface area contributed by atoms with Gasteiger partial charge in [-0.05, 0) is 42.8 Å². The first kappa shape index (κ1) is 11.2. The van der Waals surface area contributed by atoms with E-state index in [1.807, 2.05) is 39.1 Å². The molecule has 1 rings (SSSR count). The Kier molecular flexibility index (Phi) is 3.69. The van der Waals surface area contributed by atoms with Gasteiger partial charge in [0.15, 0.2) is 0 Å². The first-order valence-corrected chi connectivity index (χ1v) is 5.30. The van der Waals surface area contributed by atoms with Crippen LogP contribution in [0.15, 0.2) is 33.2 Å². The molecule has 0 aliphatic carbocycles. The van der Waals surface area contributed by atoms with E-state index in [1.54, 1.807) is 4.57 Å². The van der Waals surface area contributed by atoms with E-state index >= 15 is 0 Å². The number of aryl methyl sites for hydroxylation is 1. The van der Waals surface area contributed by atoms with Gasteiger partial charge in [0, 0.05) is 22.8 Å². The first-order valence-electron chi connectivity index (χ1n) is 4.50. The molecule has 0 spiro atoms. The van der Waals surface area contributed by atoms with Crippen molar-refractivity contribution in [3.05, 3.63) is 44.3 Å². The highest BCUT2D eigenvalue weighted by molar-refractivity contribution is 9.10. The monoisotopic (exact) mass is 255 g/mol. The number of rotatable bonds is 2. The number of nitrogens with zero attached hydrogens (tertiary/aromatic N) is 1. The maximum absolute atomic E-state index is 11.6. The summed E-state index contributed by atoms with van der Waals surface area (Å²) in [5.74, 6) is 0. The second-order valence-corrected chi connectivity index (χ2v) is 4.50. The van der Waals surface area contributed by atoms with Crippen molar-refractivity contribution in [2.75, 3.05) is 0 Å². The molecule has 0 amide bonds. The maximum atomic E-state index is 11.6. The second-order valence-electron chi connectivity index (χ2n) is 3.58. The topological polar surface area (TPSA) is 22.0 Å². The largest absolute Gasteiger partial charge is 0.310 e. The Labute approximate surface area is 92.4 Å². The van der Waals surface area contributed by atoms with Crippen molar-refractivity contribution in [3.63, 3.8) is 0 Å². The summed E-state index contributed by atoms with van der Waals surface area (Å²) in [6.07, 6.45) is 3.85.